The summed E-state index contributed by atoms with van der Waals surface area (Å²) >= 11 is -2.06. The van der Waals surface area contributed by atoms with Gasteiger partial charge in [-0.05, 0) is 0 Å². The van der Waals surface area contributed by atoms with E-state index in [1.54, 1.807) is 0 Å². The summed E-state index contributed by atoms with van der Waals surface area (Å²) in [5.74, 6) is 0. The van der Waals surface area contributed by atoms with Crippen molar-refractivity contribution >= 4 is 18.4 Å². The molecule has 2 heteroatoms. The summed E-state index contributed by atoms with van der Waals surface area (Å²) < 4.78 is 7.21. The van der Waals surface area contributed by atoms with Gasteiger partial charge in [0.15, 0.2) is 0 Å². The predicted octanol–water partition coefficient (Wildman–Crippen LogP) is 6.40. The van der Waals surface area contributed by atoms with Gasteiger partial charge in [0.05, 0.1) is 0 Å². The molecule has 0 spiro atoms. The molecule has 0 rings (SSSR count). The van der Waals surface area contributed by atoms with Gasteiger partial charge in [0, 0.05) is 0 Å². The van der Waals surface area contributed by atoms with Crippen LogP contribution in [0.4, 0.5) is 0 Å². The third-order valence-corrected chi connectivity index (χ3v) is 18.1. The van der Waals surface area contributed by atoms with Gasteiger partial charge in [-0.25, -0.2) is 0 Å². The fourth-order valence-electron chi connectivity index (χ4n) is 2.67. The Labute approximate surface area is 131 Å². The van der Waals surface area contributed by atoms with Crippen LogP contribution >= 0.6 is 0 Å². The summed E-state index contributed by atoms with van der Waals surface area (Å²) in [5.41, 5.74) is 0. The Morgan fingerprint density at radius 1 is 0.850 bits per heavy atom. The second kappa shape index (κ2) is 13.7. The first-order valence-electron chi connectivity index (χ1n) is 8.46. The van der Waals surface area contributed by atoms with Gasteiger partial charge in [0.2, 0.25) is 0 Å². The summed E-state index contributed by atoms with van der Waals surface area (Å²) in [7, 11) is 0. The minimum atomic E-state index is -2.06. The summed E-state index contributed by atoms with van der Waals surface area (Å²) in [4.78, 5) is 0. The Bertz CT molecular complexity index is 290. The van der Waals surface area contributed by atoms with Crippen LogP contribution < -0.4 is 0 Å². The van der Waals surface area contributed by atoms with Crippen LogP contribution in [-0.4, -0.2) is 18.4 Å². The summed E-state index contributed by atoms with van der Waals surface area (Å²) in [6.07, 6.45) is 15.1. The molecule has 0 unspecified atom stereocenters. The van der Waals surface area contributed by atoms with Crippen molar-refractivity contribution in [2.45, 2.75) is 79.0 Å². The number of nitrogens with zero attached hydrogens (tertiary/aromatic N) is 1. The molecule has 0 fully saturated rings. The van der Waals surface area contributed by atoms with Crippen molar-refractivity contribution in [2.24, 2.45) is 0 Å². The fourth-order valence-corrected chi connectivity index (χ4v) is 16.8. The maximum atomic E-state index is 8.56. The van der Waals surface area contributed by atoms with Crippen molar-refractivity contribution in [2.75, 3.05) is 0 Å². The molecule has 0 atom stereocenters. The van der Waals surface area contributed by atoms with E-state index < -0.39 is 18.4 Å². The van der Waals surface area contributed by atoms with Crippen molar-refractivity contribution in [3.8, 4) is 6.07 Å². The summed E-state index contributed by atoms with van der Waals surface area (Å²) in [5, 5.41) is 8.56. The molecule has 0 bridgehead atoms. The quantitative estimate of drug-likeness (QED) is 0.283. The molecule has 0 aromatic rings. The average Bonchev–Trinajstić information content (AvgIpc) is 2.48. The molecule has 0 aliphatic rings. The molecule has 0 N–H and O–H groups in total. The number of hydrogen-bond donors (Lipinski definition) is 0. The fraction of sp³-hybridized carbons (Fsp3) is 0.722. The van der Waals surface area contributed by atoms with E-state index in [2.05, 4.69) is 43.1 Å². The van der Waals surface area contributed by atoms with Crippen molar-refractivity contribution in [1.82, 2.24) is 0 Å². The summed E-state index contributed by atoms with van der Waals surface area (Å²) in [6, 6.07) is 2.16. The molecule has 0 aliphatic heterocycles. The minimum absolute atomic E-state index is 0.533. The molecular weight excluding hydrogens is 349 g/mol. The first-order chi connectivity index (χ1) is 9.74. The van der Waals surface area contributed by atoms with Gasteiger partial charge in [0.25, 0.3) is 0 Å². The van der Waals surface area contributed by atoms with Crippen LogP contribution in [0, 0.1) is 11.3 Å². The first kappa shape index (κ1) is 19.8. The molecule has 114 valence electrons. The molecule has 0 aromatic carbocycles. The monoisotopic (exact) mass is 383 g/mol. The van der Waals surface area contributed by atoms with Crippen LogP contribution in [0.5, 0.6) is 0 Å². The van der Waals surface area contributed by atoms with E-state index in [-0.39, 0.29) is 0 Å². The zero-order chi connectivity index (χ0) is 15.1. The van der Waals surface area contributed by atoms with Crippen molar-refractivity contribution in [3.63, 3.8) is 0 Å². The third kappa shape index (κ3) is 9.64. The number of nitriles is 1. The van der Waals surface area contributed by atoms with Gasteiger partial charge in [0.1, 0.15) is 0 Å². The topological polar surface area (TPSA) is 23.8 Å². The van der Waals surface area contributed by atoms with Crippen LogP contribution in [0.3, 0.4) is 0 Å². The van der Waals surface area contributed by atoms with Crippen LogP contribution in [-0.2, 0) is 0 Å². The number of rotatable bonds is 12. The van der Waals surface area contributed by atoms with E-state index in [0.29, 0.717) is 6.42 Å². The first-order valence-corrected chi connectivity index (χ1v) is 16.2. The number of hydrogen-bond acceptors (Lipinski definition) is 1. The van der Waals surface area contributed by atoms with E-state index >= 15 is 0 Å². The van der Waals surface area contributed by atoms with Gasteiger partial charge in [-0.15, -0.1) is 0 Å². The summed E-state index contributed by atoms with van der Waals surface area (Å²) in [6.45, 7) is 6.94. The van der Waals surface area contributed by atoms with Crippen molar-refractivity contribution in [1.29, 1.82) is 5.26 Å². The van der Waals surface area contributed by atoms with Crippen molar-refractivity contribution in [3.05, 3.63) is 22.3 Å². The SMILES string of the molecule is CCC[CH2][Sn](/[CH]=C\C=C\CC#N)([CH2]CCC)[CH2]CCC. The van der Waals surface area contributed by atoms with E-state index in [1.807, 2.05) is 6.08 Å². The molecule has 0 aromatic heterocycles. The van der Waals surface area contributed by atoms with E-state index in [9.17, 15) is 0 Å². The normalized spacial score (nSPS) is 12.3. The van der Waals surface area contributed by atoms with E-state index in [1.165, 1.54) is 51.8 Å². The zero-order valence-electron chi connectivity index (χ0n) is 13.8. The maximum absolute atomic E-state index is 8.56. The van der Waals surface area contributed by atoms with Crippen LogP contribution in [0.1, 0.15) is 65.7 Å². The van der Waals surface area contributed by atoms with E-state index in [4.69, 9.17) is 5.26 Å². The Balaban J connectivity index is 4.78. The van der Waals surface area contributed by atoms with Gasteiger partial charge in [-0.1, -0.05) is 0 Å². The van der Waals surface area contributed by atoms with Crippen LogP contribution in [0.2, 0.25) is 13.3 Å². The van der Waals surface area contributed by atoms with Crippen LogP contribution in [0.25, 0.3) is 0 Å². The Morgan fingerprint density at radius 3 is 1.75 bits per heavy atom. The Kier molecular flexibility index (Phi) is 13.6. The molecule has 0 saturated carbocycles. The molecule has 0 saturated heterocycles. The molecule has 0 amide bonds. The zero-order valence-corrected chi connectivity index (χ0v) is 16.7. The second-order valence-corrected chi connectivity index (χ2v) is 18.8. The molecule has 20 heavy (non-hydrogen) atoms. The van der Waals surface area contributed by atoms with Gasteiger partial charge in [-0.2, -0.15) is 0 Å². The number of unbranched alkanes of at least 4 members (excludes halogenated alkanes) is 3. The van der Waals surface area contributed by atoms with Crippen LogP contribution in [0.15, 0.2) is 22.3 Å². The van der Waals surface area contributed by atoms with Crippen molar-refractivity contribution < 1.29 is 0 Å². The van der Waals surface area contributed by atoms with E-state index in [0.717, 1.165) is 0 Å². The van der Waals surface area contributed by atoms with Gasteiger partial charge in [-0.3, -0.25) is 0 Å². The Hall–Kier alpha value is -0.231. The standard InChI is InChI=1S/C6H6N.3C4H9.Sn/c1-2-3-4-5-6-7;3*1-3-4-2;/h1-4H,5H2;3*1,3-4H2,2H3;/b2-1?,4-3+;;;;. The second-order valence-electron chi connectivity index (χ2n) is 5.82. The van der Waals surface area contributed by atoms with Gasteiger partial charge < -0.3 is 0 Å². The average molecular weight is 382 g/mol. The molecule has 0 heterocycles. The van der Waals surface area contributed by atoms with Gasteiger partial charge >= 0.3 is 131 Å². The molecule has 0 radical (unpaired) electrons. The third-order valence-electron chi connectivity index (χ3n) is 3.99. The molecular formula is C18H33NSn. The molecule has 0 aliphatic carbocycles. The molecule has 1 nitrogen and oxygen atoms in total. The predicted molar refractivity (Wildman–Crippen MR) is 93.4 cm³/mol. The Morgan fingerprint density at radius 2 is 1.35 bits per heavy atom. The number of allylic oxidation sites excluding steroid dienone is 3.